The molecule has 1 aromatic rings. The van der Waals surface area contributed by atoms with Crippen LogP contribution in [0.5, 0.6) is 0 Å². The summed E-state index contributed by atoms with van der Waals surface area (Å²) in [5.74, 6) is -0.000589. The summed E-state index contributed by atoms with van der Waals surface area (Å²) < 4.78 is 5.34. The van der Waals surface area contributed by atoms with Gasteiger partial charge in [-0.05, 0) is 44.4 Å². The predicted octanol–water partition coefficient (Wildman–Crippen LogP) is 2.45. The van der Waals surface area contributed by atoms with Gasteiger partial charge in [-0.2, -0.15) is 0 Å². The van der Waals surface area contributed by atoms with Gasteiger partial charge in [-0.3, -0.25) is 4.79 Å². The topological polar surface area (TPSA) is 64.3 Å². The maximum absolute atomic E-state index is 11.3. The fourth-order valence-electron chi connectivity index (χ4n) is 2.49. The van der Waals surface area contributed by atoms with Crippen LogP contribution in [0.4, 0.5) is 11.4 Å². The average Bonchev–Trinajstić information content (AvgIpc) is 2.76. The summed E-state index contributed by atoms with van der Waals surface area (Å²) in [6.45, 7) is 1.53. The van der Waals surface area contributed by atoms with Gasteiger partial charge < -0.3 is 15.8 Å². The van der Waals surface area contributed by atoms with Crippen LogP contribution in [0, 0.1) is 0 Å². The van der Waals surface area contributed by atoms with Crippen molar-refractivity contribution in [3.05, 3.63) is 23.8 Å². The Morgan fingerprint density at radius 1 is 1.44 bits per heavy atom. The average molecular weight is 248 g/mol. The van der Waals surface area contributed by atoms with E-state index in [4.69, 9.17) is 10.5 Å². The summed E-state index contributed by atoms with van der Waals surface area (Å²) in [7, 11) is 1.76. The van der Waals surface area contributed by atoms with Gasteiger partial charge in [0.1, 0.15) is 0 Å². The van der Waals surface area contributed by atoms with E-state index in [9.17, 15) is 4.79 Å². The highest BCUT2D eigenvalue weighted by atomic mass is 16.5. The molecule has 1 aromatic carbocycles. The summed E-state index contributed by atoms with van der Waals surface area (Å²) in [6, 6.07) is 5.95. The minimum Gasteiger partial charge on any atom is -0.398 e. The lowest BCUT2D eigenvalue weighted by Gasteiger charge is -2.15. The van der Waals surface area contributed by atoms with Gasteiger partial charge in [0.2, 0.25) is 0 Å². The Labute approximate surface area is 108 Å². The van der Waals surface area contributed by atoms with Crippen LogP contribution >= 0.6 is 0 Å². The number of hydrogen-bond acceptors (Lipinski definition) is 4. The molecule has 0 aromatic heterocycles. The number of nitrogens with one attached hydrogen (secondary N) is 1. The molecule has 18 heavy (non-hydrogen) atoms. The van der Waals surface area contributed by atoms with Crippen LogP contribution in [0.25, 0.3) is 0 Å². The van der Waals surface area contributed by atoms with E-state index in [-0.39, 0.29) is 5.78 Å². The minimum absolute atomic E-state index is 0.000589. The largest absolute Gasteiger partial charge is 0.398 e. The van der Waals surface area contributed by atoms with Crippen molar-refractivity contribution in [1.82, 2.24) is 0 Å². The van der Waals surface area contributed by atoms with Gasteiger partial charge in [-0.1, -0.05) is 0 Å². The molecule has 4 nitrogen and oxygen atoms in total. The van der Waals surface area contributed by atoms with Crippen molar-refractivity contribution in [1.29, 1.82) is 0 Å². The fraction of sp³-hybridized carbons (Fsp3) is 0.500. The second-order valence-electron chi connectivity index (χ2n) is 4.87. The summed E-state index contributed by atoms with van der Waals surface area (Å²) in [5, 5.41) is 3.44. The molecule has 0 aliphatic heterocycles. The van der Waals surface area contributed by atoms with Gasteiger partial charge in [0, 0.05) is 30.1 Å². The maximum atomic E-state index is 11.3. The van der Waals surface area contributed by atoms with Crippen molar-refractivity contribution in [3.8, 4) is 0 Å². The number of ketones is 1. The molecule has 0 heterocycles. The van der Waals surface area contributed by atoms with Gasteiger partial charge in [0.25, 0.3) is 0 Å². The van der Waals surface area contributed by atoms with E-state index in [0.717, 1.165) is 24.9 Å². The van der Waals surface area contributed by atoms with Crippen molar-refractivity contribution < 1.29 is 9.53 Å². The first-order chi connectivity index (χ1) is 8.60. The molecule has 0 radical (unpaired) electrons. The quantitative estimate of drug-likeness (QED) is 0.634. The van der Waals surface area contributed by atoms with Crippen molar-refractivity contribution in [3.63, 3.8) is 0 Å². The molecule has 2 rings (SSSR count). The zero-order valence-electron chi connectivity index (χ0n) is 10.9. The van der Waals surface area contributed by atoms with Crippen LogP contribution in [-0.4, -0.2) is 25.0 Å². The third-order valence-corrected chi connectivity index (χ3v) is 3.52. The number of Topliss-reactive ketones (excluding diaryl/α,β-unsaturated/α-hetero) is 1. The number of anilines is 2. The van der Waals surface area contributed by atoms with Crippen molar-refractivity contribution in [2.75, 3.05) is 18.2 Å². The molecule has 98 valence electrons. The highest BCUT2D eigenvalue weighted by Gasteiger charge is 2.24. The standard InChI is InChI=1S/C14H20N2O2/c1-9(17)13-6-4-11(8-14(13)15)16-10-3-5-12(7-10)18-2/h4,6,8,10,12,16H,3,5,7,15H2,1-2H3. The number of hydrogen-bond donors (Lipinski definition) is 2. The van der Waals surface area contributed by atoms with Crippen molar-refractivity contribution in [2.45, 2.75) is 38.3 Å². The normalized spacial score (nSPS) is 23.0. The Kier molecular flexibility index (Phi) is 3.87. The Balaban J connectivity index is 2.02. The van der Waals surface area contributed by atoms with Crippen molar-refractivity contribution in [2.24, 2.45) is 0 Å². The summed E-state index contributed by atoms with van der Waals surface area (Å²) in [6.07, 6.45) is 3.57. The smallest absolute Gasteiger partial charge is 0.161 e. The highest BCUT2D eigenvalue weighted by molar-refractivity contribution is 5.99. The summed E-state index contributed by atoms with van der Waals surface area (Å²) in [4.78, 5) is 11.3. The van der Waals surface area contributed by atoms with Crippen LogP contribution in [0.3, 0.4) is 0 Å². The van der Waals surface area contributed by atoms with Gasteiger partial charge in [0.15, 0.2) is 5.78 Å². The first-order valence-corrected chi connectivity index (χ1v) is 6.30. The van der Waals surface area contributed by atoms with E-state index in [1.54, 1.807) is 13.2 Å². The Hall–Kier alpha value is -1.55. The first kappa shape index (κ1) is 12.9. The predicted molar refractivity (Wildman–Crippen MR) is 72.9 cm³/mol. The molecule has 1 aliphatic carbocycles. The van der Waals surface area contributed by atoms with Crippen LogP contribution in [-0.2, 0) is 4.74 Å². The van der Waals surface area contributed by atoms with E-state index in [2.05, 4.69) is 5.32 Å². The number of nitrogen functional groups attached to an aromatic ring is 1. The second kappa shape index (κ2) is 5.40. The Morgan fingerprint density at radius 3 is 2.78 bits per heavy atom. The molecule has 1 aliphatic rings. The lowest BCUT2D eigenvalue weighted by atomic mass is 10.1. The molecular formula is C14H20N2O2. The van der Waals surface area contributed by atoms with E-state index in [0.29, 0.717) is 23.4 Å². The fourth-order valence-corrected chi connectivity index (χ4v) is 2.49. The van der Waals surface area contributed by atoms with Crippen LogP contribution < -0.4 is 11.1 Å². The third-order valence-electron chi connectivity index (χ3n) is 3.52. The molecule has 0 bridgehead atoms. The molecule has 2 atom stereocenters. The van der Waals surface area contributed by atoms with Gasteiger partial charge in [-0.25, -0.2) is 0 Å². The monoisotopic (exact) mass is 248 g/mol. The lowest BCUT2D eigenvalue weighted by molar-refractivity contribution is 0.101. The maximum Gasteiger partial charge on any atom is 0.161 e. The minimum atomic E-state index is -0.000589. The van der Waals surface area contributed by atoms with Gasteiger partial charge >= 0.3 is 0 Å². The number of rotatable bonds is 4. The SMILES string of the molecule is COC1CCC(Nc2ccc(C(C)=O)c(N)c2)C1. The van der Waals surface area contributed by atoms with E-state index >= 15 is 0 Å². The second-order valence-corrected chi connectivity index (χ2v) is 4.87. The zero-order valence-corrected chi connectivity index (χ0v) is 10.9. The molecule has 3 N–H and O–H groups in total. The highest BCUT2D eigenvalue weighted by Crippen LogP contribution is 2.26. The van der Waals surface area contributed by atoms with Gasteiger partial charge in [-0.15, -0.1) is 0 Å². The molecule has 0 saturated heterocycles. The number of nitrogens with two attached hydrogens (primary N) is 1. The molecular weight excluding hydrogens is 228 g/mol. The molecule has 1 fully saturated rings. The summed E-state index contributed by atoms with van der Waals surface area (Å²) >= 11 is 0. The molecule has 2 unspecified atom stereocenters. The van der Waals surface area contributed by atoms with E-state index in [1.165, 1.54) is 6.92 Å². The molecule has 0 amide bonds. The molecule has 0 spiro atoms. The Morgan fingerprint density at radius 2 is 2.22 bits per heavy atom. The van der Waals surface area contributed by atoms with Crippen LogP contribution in [0.1, 0.15) is 36.5 Å². The molecule has 4 heteroatoms. The van der Waals surface area contributed by atoms with E-state index in [1.807, 2.05) is 12.1 Å². The van der Waals surface area contributed by atoms with Crippen molar-refractivity contribution >= 4 is 17.2 Å². The number of methoxy groups -OCH3 is 1. The Bertz CT molecular complexity index is 445. The first-order valence-electron chi connectivity index (χ1n) is 6.30. The zero-order chi connectivity index (χ0) is 13.1. The third kappa shape index (κ3) is 2.82. The summed E-state index contributed by atoms with van der Waals surface area (Å²) in [5.41, 5.74) is 7.96. The number of carbonyl (C=O) groups excluding carboxylic acids is 1. The van der Waals surface area contributed by atoms with Gasteiger partial charge in [0.05, 0.1) is 6.10 Å². The van der Waals surface area contributed by atoms with Crippen LogP contribution in [0.2, 0.25) is 0 Å². The van der Waals surface area contributed by atoms with Crippen LogP contribution in [0.15, 0.2) is 18.2 Å². The lowest BCUT2D eigenvalue weighted by Crippen LogP contribution is -2.17. The molecule has 1 saturated carbocycles. The number of ether oxygens (including phenoxy) is 1. The number of benzene rings is 1. The number of carbonyl (C=O) groups is 1. The van der Waals surface area contributed by atoms with E-state index < -0.39 is 0 Å².